The molecule has 0 spiro atoms. The maximum Gasteiger partial charge on any atom is 0.237 e. The first kappa shape index (κ1) is 16.6. The van der Waals surface area contributed by atoms with Crippen LogP contribution in [-0.2, 0) is 12.2 Å². The van der Waals surface area contributed by atoms with Crippen LogP contribution in [0.3, 0.4) is 0 Å². The van der Waals surface area contributed by atoms with Gasteiger partial charge in [-0.05, 0) is 30.2 Å². The molecule has 0 amide bonds. The molecule has 2 aromatic heterocycles. The maximum atomic E-state index is 5.30. The van der Waals surface area contributed by atoms with Crippen LogP contribution in [0.1, 0.15) is 25.6 Å². The molecule has 6 nitrogen and oxygen atoms in total. The third-order valence-corrected chi connectivity index (χ3v) is 4.33. The molecule has 0 radical (unpaired) electrons. The van der Waals surface area contributed by atoms with Crippen LogP contribution in [0, 0.1) is 5.92 Å². The molecule has 0 aliphatic heterocycles. The molecule has 0 atom stereocenters. The molecule has 126 valence electrons. The molecular formula is C17H20N4O2S. The molecule has 0 N–H and O–H groups in total. The highest BCUT2D eigenvalue weighted by atomic mass is 32.2. The highest BCUT2D eigenvalue weighted by Crippen LogP contribution is 2.24. The van der Waals surface area contributed by atoms with Crippen LogP contribution < -0.4 is 4.74 Å². The first-order chi connectivity index (χ1) is 11.7. The zero-order valence-electron chi connectivity index (χ0n) is 14.0. The van der Waals surface area contributed by atoms with Gasteiger partial charge in [-0.1, -0.05) is 30.8 Å². The molecule has 24 heavy (non-hydrogen) atoms. The summed E-state index contributed by atoms with van der Waals surface area (Å²) in [6, 6.07) is 7.86. The second-order valence-corrected chi connectivity index (χ2v) is 6.71. The zero-order chi connectivity index (χ0) is 16.9. The molecule has 0 saturated carbocycles. The van der Waals surface area contributed by atoms with Crippen molar-refractivity contribution in [3.05, 3.63) is 48.4 Å². The van der Waals surface area contributed by atoms with Gasteiger partial charge in [0, 0.05) is 24.5 Å². The summed E-state index contributed by atoms with van der Waals surface area (Å²) in [7, 11) is 1.66. The van der Waals surface area contributed by atoms with Gasteiger partial charge in [0.1, 0.15) is 5.75 Å². The number of aromatic nitrogens is 4. The van der Waals surface area contributed by atoms with E-state index < -0.39 is 0 Å². The Bertz CT molecular complexity index is 780. The number of rotatable bonds is 7. The van der Waals surface area contributed by atoms with E-state index in [1.165, 1.54) is 0 Å². The Hall–Kier alpha value is -2.28. The third-order valence-electron chi connectivity index (χ3n) is 3.38. The van der Waals surface area contributed by atoms with E-state index in [-0.39, 0.29) is 0 Å². The summed E-state index contributed by atoms with van der Waals surface area (Å²) >= 11 is 1.57. The number of nitrogens with zero attached hydrogens (tertiary/aromatic N) is 4. The Morgan fingerprint density at radius 3 is 2.75 bits per heavy atom. The molecule has 0 saturated heterocycles. The summed E-state index contributed by atoms with van der Waals surface area (Å²) in [6.07, 6.45) is 4.54. The predicted octanol–water partition coefficient (Wildman–Crippen LogP) is 3.75. The van der Waals surface area contributed by atoms with E-state index in [1.54, 1.807) is 25.1 Å². The normalized spacial score (nSPS) is 11.2. The van der Waals surface area contributed by atoms with Crippen LogP contribution in [0.5, 0.6) is 5.75 Å². The van der Waals surface area contributed by atoms with Crippen molar-refractivity contribution in [1.82, 2.24) is 19.7 Å². The SMILES string of the molecule is COc1ccc(-n2ccnc2SCc2nc(CC(C)C)no2)cc1. The highest BCUT2D eigenvalue weighted by molar-refractivity contribution is 7.98. The Morgan fingerprint density at radius 1 is 1.25 bits per heavy atom. The fraction of sp³-hybridized carbons (Fsp3) is 0.353. The van der Waals surface area contributed by atoms with Crippen LogP contribution in [0.25, 0.3) is 5.69 Å². The number of thioether (sulfide) groups is 1. The largest absolute Gasteiger partial charge is 0.497 e. The molecule has 7 heteroatoms. The van der Waals surface area contributed by atoms with Crippen molar-refractivity contribution in [2.24, 2.45) is 5.92 Å². The number of imidazole rings is 1. The van der Waals surface area contributed by atoms with Gasteiger partial charge in [-0.15, -0.1) is 0 Å². The summed E-state index contributed by atoms with van der Waals surface area (Å²) in [6.45, 7) is 4.27. The minimum atomic E-state index is 0.511. The Balaban J connectivity index is 1.68. The Labute approximate surface area is 145 Å². The van der Waals surface area contributed by atoms with Crippen molar-refractivity contribution >= 4 is 11.8 Å². The Kier molecular flexibility index (Phi) is 5.20. The number of hydrogen-bond donors (Lipinski definition) is 0. The number of hydrogen-bond acceptors (Lipinski definition) is 6. The van der Waals surface area contributed by atoms with E-state index in [9.17, 15) is 0 Å². The molecule has 2 heterocycles. The molecule has 0 aliphatic carbocycles. The summed E-state index contributed by atoms with van der Waals surface area (Å²) in [5, 5.41) is 4.89. The van der Waals surface area contributed by atoms with Crippen molar-refractivity contribution in [3.63, 3.8) is 0 Å². The highest BCUT2D eigenvalue weighted by Gasteiger charge is 2.11. The molecule has 3 rings (SSSR count). The fourth-order valence-corrected chi connectivity index (χ4v) is 3.07. The quantitative estimate of drug-likeness (QED) is 0.608. The zero-order valence-corrected chi connectivity index (χ0v) is 14.8. The summed E-state index contributed by atoms with van der Waals surface area (Å²) < 4.78 is 12.5. The minimum Gasteiger partial charge on any atom is -0.497 e. The molecule has 0 fully saturated rings. The van der Waals surface area contributed by atoms with Crippen molar-refractivity contribution in [3.8, 4) is 11.4 Å². The van der Waals surface area contributed by atoms with Crippen molar-refractivity contribution < 1.29 is 9.26 Å². The van der Waals surface area contributed by atoms with E-state index in [2.05, 4.69) is 29.0 Å². The summed E-state index contributed by atoms with van der Waals surface area (Å²) in [5.74, 6) is 3.32. The van der Waals surface area contributed by atoms with E-state index in [4.69, 9.17) is 9.26 Å². The smallest absolute Gasteiger partial charge is 0.237 e. The van der Waals surface area contributed by atoms with Gasteiger partial charge >= 0.3 is 0 Å². The van der Waals surface area contributed by atoms with Crippen LogP contribution in [-0.4, -0.2) is 26.8 Å². The first-order valence-corrected chi connectivity index (χ1v) is 8.76. The summed E-state index contributed by atoms with van der Waals surface area (Å²) in [5.41, 5.74) is 1.03. The molecule has 0 unspecified atom stereocenters. The maximum absolute atomic E-state index is 5.30. The predicted molar refractivity (Wildman–Crippen MR) is 92.5 cm³/mol. The van der Waals surface area contributed by atoms with Crippen LogP contribution in [0.4, 0.5) is 0 Å². The lowest BCUT2D eigenvalue weighted by molar-refractivity contribution is 0.382. The molecule has 0 aliphatic rings. The van der Waals surface area contributed by atoms with Crippen molar-refractivity contribution in [2.45, 2.75) is 31.2 Å². The fourth-order valence-electron chi connectivity index (χ4n) is 2.26. The third kappa shape index (κ3) is 3.97. The monoisotopic (exact) mass is 344 g/mol. The lowest BCUT2D eigenvalue weighted by Crippen LogP contribution is -1.97. The first-order valence-electron chi connectivity index (χ1n) is 7.77. The minimum absolute atomic E-state index is 0.511. The van der Waals surface area contributed by atoms with Gasteiger partial charge in [-0.25, -0.2) is 4.98 Å². The van der Waals surface area contributed by atoms with Gasteiger partial charge in [0.05, 0.1) is 12.9 Å². The van der Waals surface area contributed by atoms with E-state index >= 15 is 0 Å². The molecular weight excluding hydrogens is 324 g/mol. The lowest BCUT2D eigenvalue weighted by Gasteiger charge is -2.07. The van der Waals surface area contributed by atoms with Gasteiger partial charge in [-0.3, -0.25) is 4.57 Å². The lowest BCUT2D eigenvalue weighted by atomic mass is 10.1. The molecule has 3 aromatic rings. The molecule has 1 aromatic carbocycles. The van der Waals surface area contributed by atoms with Crippen molar-refractivity contribution in [2.75, 3.05) is 7.11 Å². The second-order valence-electron chi connectivity index (χ2n) is 5.77. The van der Waals surface area contributed by atoms with Crippen LogP contribution in [0.2, 0.25) is 0 Å². The Morgan fingerprint density at radius 2 is 2.04 bits per heavy atom. The van der Waals surface area contributed by atoms with Gasteiger partial charge in [0.2, 0.25) is 5.89 Å². The average Bonchev–Trinajstić information content (AvgIpc) is 3.21. The van der Waals surface area contributed by atoms with E-state index in [1.807, 2.05) is 35.0 Å². The van der Waals surface area contributed by atoms with Crippen molar-refractivity contribution in [1.29, 1.82) is 0 Å². The van der Waals surface area contributed by atoms with Crippen LogP contribution >= 0.6 is 11.8 Å². The number of ether oxygens (including phenoxy) is 1. The average molecular weight is 344 g/mol. The van der Waals surface area contributed by atoms with Gasteiger partial charge in [0.15, 0.2) is 11.0 Å². The van der Waals surface area contributed by atoms with E-state index in [0.717, 1.165) is 28.8 Å². The van der Waals surface area contributed by atoms with E-state index in [0.29, 0.717) is 17.6 Å². The second kappa shape index (κ2) is 7.53. The number of benzene rings is 1. The topological polar surface area (TPSA) is 66.0 Å². The molecule has 0 bridgehead atoms. The van der Waals surface area contributed by atoms with Gasteiger partial charge in [-0.2, -0.15) is 4.98 Å². The summed E-state index contributed by atoms with van der Waals surface area (Å²) in [4.78, 5) is 8.83. The van der Waals surface area contributed by atoms with Crippen LogP contribution in [0.15, 0.2) is 46.3 Å². The number of methoxy groups -OCH3 is 1. The standard InChI is InChI=1S/C17H20N4O2S/c1-12(2)10-15-19-16(23-20-15)11-24-17-18-8-9-21(17)13-4-6-14(22-3)7-5-13/h4-9,12H,10-11H2,1-3H3. The van der Waals surface area contributed by atoms with Gasteiger partial charge < -0.3 is 9.26 Å². The van der Waals surface area contributed by atoms with Gasteiger partial charge in [0.25, 0.3) is 0 Å².